The Labute approximate surface area is 129 Å². The lowest BCUT2D eigenvalue weighted by atomic mass is 9.92. The van der Waals surface area contributed by atoms with Gasteiger partial charge >= 0.3 is 0 Å². The van der Waals surface area contributed by atoms with E-state index in [0.29, 0.717) is 18.4 Å². The maximum Gasteiger partial charge on any atom is 0.0847 e. The van der Waals surface area contributed by atoms with Crippen molar-refractivity contribution in [1.82, 2.24) is 0 Å². The lowest BCUT2D eigenvalue weighted by Gasteiger charge is -2.22. The molecule has 0 aliphatic carbocycles. The highest BCUT2D eigenvalue weighted by Gasteiger charge is 2.16. The Kier molecular flexibility index (Phi) is 6.64. The number of rotatable bonds is 6. The number of nitrogens with one attached hydrogen (secondary N) is 1. The third kappa shape index (κ3) is 4.66. The number of halogens is 2. The van der Waals surface area contributed by atoms with Gasteiger partial charge in [0.2, 0.25) is 0 Å². The Hall–Kier alpha value is -0.250. The summed E-state index contributed by atoms with van der Waals surface area (Å²) >= 11 is 9.23. The summed E-state index contributed by atoms with van der Waals surface area (Å²) in [4.78, 5) is 0. The molecule has 0 aliphatic heterocycles. The molecule has 0 spiro atoms. The van der Waals surface area contributed by atoms with Gasteiger partial charge in [-0.3, -0.25) is 0 Å². The molecule has 0 bridgehead atoms. The van der Waals surface area contributed by atoms with Crippen molar-refractivity contribution in [3.63, 3.8) is 0 Å². The molecule has 1 rings (SSSR count). The van der Waals surface area contributed by atoms with Crippen LogP contribution in [0.3, 0.4) is 0 Å². The fraction of sp³-hybridized carbons (Fsp3) is 0.600. The smallest absolute Gasteiger partial charge is 0.0847 e. The molecule has 0 fully saturated rings. The molecule has 0 heterocycles. The van der Waals surface area contributed by atoms with Gasteiger partial charge in [-0.1, -0.05) is 43.6 Å². The lowest BCUT2D eigenvalue weighted by molar-refractivity contribution is 0.211. The predicted molar refractivity (Wildman–Crippen MR) is 87.5 cm³/mol. The number of aliphatic hydroxyl groups excluding tert-OH is 1. The number of alkyl halides is 1. The van der Waals surface area contributed by atoms with Crippen LogP contribution in [-0.2, 0) is 0 Å². The third-order valence-corrected chi connectivity index (χ3v) is 3.91. The van der Waals surface area contributed by atoms with E-state index >= 15 is 0 Å². The average molecular weight is 349 g/mol. The fourth-order valence-corrected chi connectivity index (χ4v) is 2.64. The van der Waals surface area contributed by atoms with Gasteiger partial charge in [0.15, 0.2) is 0 Å². The number of anilines is 1. The molecule has 0 radical (unpaired) electrons. The summed E-state index contributed by atoms with van der Waals surface area (Å²) in [5, 5.41) is 13.0. The molecule has 0 aliphatic rings. The monoisotopic (exact) mass is 347 g/mol. The van der Waals surface area contributed by atoms with Crippen molar-refractivity contribution >= 4 is 33.2 Å². The second-order valence-electron chi connectivity index (χ2n) is 5.46. The van der Waals surface area contributed by atoms with Crippen LogP contribution in [0.2, 0.25) is 0 Å². The van der Waals surface area contributed by atoms with E-state index in [1.807, 2.05) is 0 Å². The van der Waals surface area contributed by atoms with Gasteiger partial charge in [-0.15, -0.1) is 11.6 Å². The van der Waals surface area contributed by atoms with E-state index in [9.17, 15) is 5.11 Å². The molecule has 2 N–H and O–H groups in total. The largest absolute Gasteiger partial charge is 0.390 e. The molecule has 19 heavy (non-hydrogen) atoms. The van der Waals surface area contributed by atoms with E-state index in [1.165, 1.54) is 11.1 Å². The summed E-state index contributed by atoms with van der Waals surface area (Å²) in [5.41, 5.74) is 3.66. The molecule has 4 heteroatoms. The third-order valence-electron chi connectivity index (χ3n) is 3.10. The standard InChI is InChI=1S/C15H23BrClNO/c1-9(2)13-5-11(16)6-14(10(3)4)15(13)18-8-12(19)7-17/h5-6,9-10,12,18-19H,7-8H2,1-4H3. The van der Waals surface area contributed by atoms with Crippen LogP contribution in [0.5, 0.6) is 0 Å². The van der Waals surface area contributed by atoms with Crippen molar-refractivity contribution < 1.29 is 5.11 Å². The van der Waals surface area contributed by atoms with Gasteiger partial charge < -0.3 is 10.4 Å². The molecule has 1 unspecified atom stereocenters. The van der Waals surface area contributed by atoms with E-state index in [0.717, 1.165) is 10.2 Å². The first-order chi connectivity index (χ1) is 8.86. The van der Waals surface area contributed by atoms with Crippen molar-refractivity contribution in [2.24, 2.45) is 0 Å². The lowest BCUT2D eigenvalue weighted by Crippen LogP contribution is -2.22. The number of benzene rings is 1. The first kappa shape index (κ1) is 16.8. The number of hydrogen-bond donors (Lipinski definition) is 2. The van der Waals surface area contributed by atoms with Crippen molar-refractivity contribution in [2.75, 3.05) is 17.7 Å². The van der Waals surface area contributed by atoms with Crippen LogP contribution in [0, 0.1) is 0 Å². The van der Waals surface area contributed by atoms with E-state index in [2.05, 4.69) is 61.1 Å². The Bertz CT molecular complexity index is 392. The maximum absolute atomic E-state index is 9.63. The normalized spacial score (nSPS) is 13.1. The SMILES string of the molecule is CC(C)c1cc(Br)cc(C(C)C)c1NCC(O)CCl. The number of hydrogen-bond acceptors (Lipinski definition) is 2. The van der Waals surface area contributed by atoms with Crippen LogP contribution in [0.1, 0.15) is 50.7 Å². The Morgan fingerprint density at radius 3 is 2.00 bits per heavy atom. The summed E-state index contributed by atoms with van der Waals surface area (Å²) in [6, 6.07) is 4.29. The second kappa shape index (κ2) is 7.51. The van der Waals surface area contributed by atoms with E-state index in [1.54, 1.807) is 0 Å². The zero-order valence-electron chi connectivity index (χ0n) is 12.0. The average Bonchev–Trinajstić information content (AvgIpc) is 2.35. The van der Waals surface area contributed by atoms with Gasteiger partial charge in [-0.05, 0) is 35.1 Å². The van der Waals surface area contributed by atoms with Crippen LogP contribution in [0.4, 0.5) is 5.69 Å². The minimum absolute atomic E-state index is 0.248. The van der Waals surface area contributed by atoms with E-state index in [4.69, 9.17) is 11.6 Å². The molecular weight excluding hydrogens is 326 g/mol. The van der Waals surface area contributed by atoms with Crippen molar-refractivity contribution in [3.8, 4) is 0 Å². The topological polar surface area (TPSA) is 32.3 Å². The fourth-order valence-electron chi connectivity index (χ4n) is 2.04. The summed E-state index contributed by atoms with van der Waals surface area (Å²) in [7, 11) is 0. The summed E-state index contributed by atoms with van der Waals surface area (Å²) < 4.78 is 1.10. The minimum Gasteiger partial charge on any atom is -0.390 e. The summed E-state index contributed by atoms with van der Waals surface area (Å²) in [6.45, 7) is 9.18. The van der Waals surface area contributed by atoms with Crippen LogP contribution >= 0.6 is 27.5 Å². The first-order valence-electron chi connectivity index (χ1n) is 6.68. The highest BCUT2D eigenvalue weighted by atomic mass is 79.9. The molecular formula is C15H23BrClNO. The molecule has 0 amide bonds. The summed E-state index contributed by atoms with van der Waals surface area (Å²) in [6.07, 6.45) is -0.523. The minimum atomic E-state index is -0.523. The Morgan fingerprint density at radius 1 is 1.16 bits per heavy atom. The van der Waals surface area contributed by atoms with Gasteiger partial charge in [0.05, 0.1) is 12.0 Å². The Balaban J connectivity index is 3.15. The van der Waals surface area contributed by atoms with Crippen molar-refractivity contribution in [1.29, 1.82) is 0 Å². The van der Waals surface area contributed by atoms with Gasteiger partial charge in [0, 0.05) is 16.7 Å². The van der Waals surface area contributed by atoms with Crippen LogP contribution in [-0.4, -0.2) is 23.6 Å². The quantitative estimate of drug-likeness (QED) is 0.730. The first-order valence-corrected chi connectivity index (χ1v) is 8.00. The molecule has 108 valence electrons. The maximum atomic E-state index is 9.63. The predicted octanol–water partition coefficient (Wildman–Crippen LogP) is 4.71. The molecule has 0 aromatic heterocycles. The molecule has 0 saturated carbocycles. The molecule has 1 aromatic rings. The van der Waals surface area contributed by atoms with Crippen LogP contribution < -0.4 is 5.32 Å². The van der Waals surface area contributed by atoms with E-state index in [-0.39, 0.29) is 5.88 Å². The van der Waals surface area contributed by atoms with Gasteiger partial charge in [-0.2, -0.15) is 0 Å². The van der Waals surface area contributed by atoms with Crippen molar-refractivity contribution in [2.45, 2.75) is 45.6 Å². The molecule has 1 atom stereocenters. The number of aliphatic hydroxyl groups is 1. The Morgan fingerprint density at radius 2 is 1.63 bits per heavy atom. The van der Waals surface area contributed by atoms with Gasteiger partial charge in [-0.25, -0.2) is 0 Å². The van der Waals surface area contributed by atoms with Crippen LogP contribution in [0.15, 0.2) is 16.6 Å². The van der Waals surface area contributed by atoms with Crippen LogP contribution in [0.25, 0.3) is 0 Å². The highest BCUT2D eigenvalue weighted by Crippen LogP contribution is 2.35. The van der Waals surface area contributed by atoms with E-state index < -0.39 is 6.10 Å². The molecule has 1 aromatic carbocycles. The highest BCUT2D eigenvalue weighted by molar-refractivity contribution is 9.10. The van der Waals surface area contributed by atoms with Crippen molar-refractivity contribution in [3.05, 3.63) is 27.7 Å². The van der Waals surface area contributed by atoms with Gasteiger partial charge in [0.1, 0.15) is 0 Å². The van der Waals surface area contributed by atoms with Gasteiger partial charge in [0.25, 0.3) is 0 Å². The summed E-state index contributed by atoms with van der Waals surface area (Å²) in [5.74, 6) is 1.09. The zero-order valence-corrected chi connectivity index (χ0v) is 14.3. The molecule has 0 saturated heterocycles. The second-order valence-corrected chi connectivity index (χ2v) is 6.68. The zero-order chi connectivity index (χ0) is 14.6. The molecule has 2 nitrogen and oxygen atoms in total.